The Bertz CT molecular complexity index is 1720. The Morgan fingerprint density at radius 1 is 1.11 bits per heavy atom. The molecule has 194 valence electrons. The Labute approximate surface area is 223 Å². The van der Waals surface area contributed by atoms with Crippen molar-refractivity contribution in [3.8, 4) is 11.8 Å². The van der Waals surface area contributed by atoms with Crippen LogP contribution in [0.2, 0.25) is 5.15 Å². The molecule has 2 aromatic carbocycles. The molecule has 0 fully saturated rings. The van der Waals surface area contributed by atoms with Crippen molar-refractivity contribution in [2.24, 2.45) is 7.05 Å². The van der Waals surface area contributed by atoms with Crippen molar-refractivity contribution in [3.05, 3.63) is 96.9 Å². The molecule has 0 aliphatic carbocycles. The van der Waals surface area contributed by atoms with E-state index in [0.717, 1.165) is 31.2 Å². The van der Waals surface area contributed by atoms with Gasteiger partial charge in [0.1, 0.15) is 16.5 Å². The molecule has 2 heterocycles. The van der Waals surface area contributed by atoms with Gasteiger partial charge in [-0.15, -0.1) is 0 Å². The van der Waals surface area contributed by atoms with E-state index in [1.54, 1.807) is 24.3 Å². The van der Waals surface area contributed by atoms with Crippen LogP contribution in [0.1, 0.15) is 33.6 Å². The number of anilines is 1. The molecule has 2 N–H and O–H groups in total. The zero-order chi connectivity index (χ0) is 27.4. The van der Waals surface area contributed by atoms with Gasteiger partial charge in [-0.25, -0.2) is 9.59 Å². The molecule has 0 bridgehead atoms. The van der Waals surface area contributed by atoms with Crippen LogP contribution in [-0.4, -0.2) is 33.1 Å². The second kappa shape index (κ2) is 11.2. The predicted molar refractivity (Wildman–Crippen MR) is 146 cm³/mol. The second-order valence-corrected chi connectivity index (χ2v) is 9.07. The zero-order valence-corrected chi connectivity index (χ0v) is 21.8. The predicted octanol–water partition coefficient (Wildman–Crippen LogP) is 3.40. The van der Waals surface area contributed by atoms with Crippen molar-refractivity contribution in [1.29, 1.82) is 0 Å². The minimum absolute atomic E-state index is 0.114. The van der Waals surface area contributed by atoms with Gasteiger partial charge in [0.2, 0.25) is 5.91 Å². The highest BCUT2D eigenvalue weighted by Gasteiger charge is 2.18. The molecule has 0 saturated heterocycles. The second-order valence-electron chi connectivity index (χ2n) is 8.71. The first-order valence-electron chi connectivity index (χ1n) is 11.7. The summed E-state index contributed by atoms with van der Waals surface area (Å²) in [5, 5.41) is 3.13. The molecule has 1 amide bonds. The minimum Gasteiger partial charge on any atom is -0.464 e. The number of amides is 1. The van der Waals surface area contributed by atoms with E-state index in [1.165, 1.54) is 14.2 Å². The Balaban J connectivity index is 1.53. The van der Waals surface area contributed by atoms with Gasteiger partial charge >= 0.3 is 11.7 Å². The number of rotatable bonds is 6. The molecule has 9 nitrogen and oxygen atoms in total. The molecule has 0 unspecified atom stereocenters. The highest BCUT2D eigenvalue weighted by molar-refractivity contribution is 6.32. The van der Waals surface area contributed by atoms with E-state index >= 15 is 0 Å². The Kier molecular flexibility index (Phi) is 7.84. The summed E-state index contributed by atoms with van der Waals surface area (Å²) in [7, 11) is 2.62. The van der Waals surface area contributed by atoms with Gasteiger partial charge in [-0.05, 0) is 43.2 Å². The summed E-state index contributed by atoms with van der Waals surface area (Å²) in [6.07, 6.45) is 0.628. The van der Waals surface area contributed by atoms with Crippen molar-refractivity contribution in [2.45, 2.75) is 26.3 Å². The standard InChI is InChI=1S/C28H25ClN4O5/c1-17-6-8-18(9-7-17)11-13-23(34)31-24-25(29)33(28(37)32(2)26(24)35)14-4-5-19-10-12-21-20(15-19)16-22(30-21)27(36)38-3/h6-10,12,15-16,30H,11,13-14H2,1-3H3,(H,31,34). The monoisotopic (exact) mass is 532 g/mol. The Morgan fingerprint density at radius 2 is 1.84 bits per heavy atom. The van der Waals surface area contributed by atoms with Crippen LogP contribution in [0.15, 0.2) is 58.1 Å². The highest BCUT2D eigenvalue weighted by atomic mass is 35.5. The molecular weight excluding hydrogens is 508 g/mol. The molecule has 0 atom stereocenters. The first kappa shape index (κ1) is 26.5. The molecule has 4 rings (SSSR count). The highest BCUT2D eigenvalue weighted by Crippen LogP contribution is 2.18. The molecule has 0 aliphatic heterocycles. The smallest absolute Gasteiger partial charge is 0.354 e. The first-order valence-corrected chi connectivity index (χ1v) is 12.1. The van der Waals surface area contributed by atoms with Crippen LogP contribution in [0.5, 0.6) is 0 Å². The Hall–Kier alpha value is -4.55. The number of nitrogens with zero attached hydrogens (tertiary/aromatic N) is 2. The summed E-state index contributed by atoms with van der Waals surface area (Å²) >= 11 is 6.40. The van der Waals surface area contributed by atoms with Crippen molar-refractivity contribution < 1.29 is 14.3 Å². The number of aryl methyl sites for hydroxylation is 2. The summed E-state index contributed by atoms with van der Waals surface area (Å²) in [5.74, 6) is 4.97. The summed E-state index contributed by atoms with van der Waals surface area (Å²) in [6.45, 7) is 1.87. The maximum absolute atomic E-state index is 12.7. The normalized spacial score (nSPS) is 10.6. The number of benzene rings is 2. The van der Waals surface area contributed by atoms with Crippen LogP contribution in [-0.2, 0) is 29.5 Å². The number of carbonyl (C=O) groups excluding carboxylic acids is 2. The average Bonchev–Trinajstić information content (AvgIpc) is 3.34. The number of ether oxygens (including phenoxy) is 1. The van der Waals surface area contributed by atoms with E-state index in [1.807, 2.05) is 31.2 Å². The van der Waals surface area contributed by atoms with E-state index in [0.29, 0.717) is 17.7 Å². The van der Waals surface area contributed by atoms with Gasteiger partial charge < -0.3 is 15.0 Å². The van der Waals surface area contributed by atoms with Crippen LogP contribution in [0.4, 0.5) is 5.69 Å². The van der Waals surface area contributed by atoms with E-state index in [2.05, 4.69) is 22.1 Å². The number of hydrogen-bond acceptors (Lipinski definition) is 5. The van der Waals surface area contributed by atoms with Crippen molar-refractivity contribution >= 4 is 40.1 Å². The lowest BCUT2D eigenvalue weighted by Crippen LogP contribution is -2.40. The number of H-pyrrole nitrogens is 1. The molecule has 0 aliphatic rings. The third-order valence-electron chi connectivity index (χ3n) is 6.00. The number of hydrogen-bond donors (Lipinski definition) is 2. The SMILES string of the molecule is COC(=O)c1cc2cc(C#CCn3c(Cl)c(NC(=O)CCc4ccc(C)cc4)c(=O)n(C)c3=O)ccc2[nH]1. The molecule has 0 spiro atoms. The minimum atomic E-state index is -0.702. The summed E-state index contributed by atoms with van der Waals surface area (Å²) in [4.78, 5) is 52.7. The van der Waals surface area contributed by atoms with Crippen LogP contribution < -0.4 is 16.6 Å². The van der Waals surface area contributed by atoms with Crippen molar-refractivity contribution in [1.82, 2.24) is 14.1 Å². The van der Waals surface area contributed by atoms with Crippen LogP contribution >= 0.6 is 11.6 Å². The maximum Gasteiger partial charge on any atom is 0.354 e. The Morgan fingerprint density at radius 3 is 2.55 bits per heavy atom. The van der Waals surface area contributed by atoms with Gasteiger partial charge in [-0.3, -0.25) is 18.7 Å². The molecule has 0 saturated carbocycles. The summed E-state index contributed by atoms with van der Waals surface area (Å²) in [5.41, 5.74) is 2.30. The number of aromatic nitrogens is 3. The lowest BCUT2D eigenvalue weighted by Gasteiger charge is -2.13. The van der Waals surface area contributed by atoms with Crippen LogP contribution in [0, 0.1) is 18.8 Å². The third-order valence-corrected chi connectivity index (χ3v) is 6.39. The van der Waals surface area contributed by atoms with Gasteiger partial charge in [0, 0.05) is 29.9 Å². The average molecular weight is 533 g/mol. The molecule has 10 heteroatoms. The van der Waals surface area contributed by atoms with E-state index in [4.69, 9.17) is 16.3 Å². The quantitative estimate of drug-likeness (QED) is 0.224. The van der Waals surface area contributed by atoms with Gasteiger partial charge in [0.05, 0.1) is 13.7 Å². The van der Waals surface area contributed by atoms with E-state index < -0.39 is 23.1 Å². The fourth-order valence-electron chi connectivity index (χ4n) is 3.85. The maximum atomic E-state index is 12.7. The van der Waals surface area contributed by atoms with Gasteiger partial charge in [-0.1, -0.05) is 53.3 Å². The molecule has 38 heavy (non-hydrogen) atoms. The number of methoxy groups -OCH3 is 1. The van der Waals surface area contributed by atoms with E-state index in [-0.39, 0.29) is 23.8 Å². The number of esters is 1. The number of nitrogens with one attached hydrogen (secondary N) is 2. The summed E-state index contributed by atoms with van der Waals surface area (Å²) < 4.78 is 6.73. The first-order chi connectivity index (χ1) is 18.2. The van der Waals surface area contributed by atoms with E-state index in [9.17, 15) is 19.2 Å². The largest absolute Gasteiger partial charge is 0.464 e. The van der Waals surface area contributed by atoms with Gasteiger partial charge in [0.15, 0.2) is 0 Å². The zero-order valence-electron chi connectivity index (χ0n) is 21.1. The summed E-state index contributed by atoms with van der Waals surface area (Å²) in [6, 6.07) is 14.8. The van der Waals surface area contributed by atoms with Crippen molar-refractivity contribution in [3.63, 3.8) is 0 Å². The number of carbonyl (C=O) groups is 2. The number of fused-ring (bicyclic) bond motifs is 1. The van der Waals surface area contributed by atoms with Crippen molar-refractivity contribution in [2.75, 3.05) is 12.4 Å². The fraction of sp³-hybridized carbons (Fsp3) is 0.214. The molecule has 0 radical (unpaired) electrons. The lowest BCUT2D eigenvalue weighted by atomic mass is 10.1. The fourth-order valence-corrected chi connectivity index (χ4v) is 4.11. The molecular formula is C28H25ClN4O5. The number of halogens is 1. The number of aromatic amines is 1. The lowest BCUT2D eigenvalue weighted by molar-refractivity contribution is -0.116. The van der Waals surface area contributed by atoms with Gasteiger partial charge in [0.25, 0.3) is 5.56 Å². The van der Waals surface area contributed by atoms with Crippen LogP contribution in [0.3, 0.4) is 0 Å². The topological polar surface area (TPSA) is 115 Å². The molecule has 2 aromatic heterocycles. The van der Waals surface area contributed by atoms with Gasteiger partial charge in [-0.2, -0.15) is 0 Å². The van der Waals surface area contributed by atoms with Crippen LogP contribution in [0.25, 0.3) is 10.9 Å². The molecule has 4 aromatic rings. The third kappa shape index (κ3) is 5.71.